The third-order valence-corrected chi connectivity index (χ3v) is 6.90. The number of esters is 1. The van der Waals surface area contributed by atoms with Gasteiger partial charge in [-0.2, -0.15) is 0 Å². The minimum atomic E-state index is -3.19. The molecular formula is C21H23NO7S. The highest BCUT2D eigenvalue weighted by molar-refractivity contribution is 7.94. The molecule has 0 spiro atoms. The fourth-order valence-electron chi connectivity index (χ4n) is 3.93. The first-order chi connectivity index (χ1) is 14.3. The summed E-state index contributed by atoms with van der Waals surface area (Å²) in [6, 6.07) is 3.39. The van der Waals surface area contributed by atoms with Gasteiger partial charge < -0.3 is 13.9 Å². The number of hydrogen-bond acceptors (Lipinski definition) is 8. The van der Waals surface area contributed by atoms with Gasteiger partial charge in [-0.05, 0) is 38.0 Å². The number of rotatable bonds is 5. The van der Waals surface area contributed by atoms with Crippen molar-refractivity contribution < 1.29 is 27.1 Å². The molecule has 0 unspecified atom stereocenters. The summed E-state index contributed by atoms with van der Waals surface area (Å²) in [4.78, 5) is 26.2. The molecule has 1 aromatic heterocycles. The van der Waals surface area contributed by atoms with Crippen LogP contribution in [0.25, 0.3) is 11.0 Å². The largest absolute Gasteiger partial charge is 0.478 e. The smallest absolute Gasteiger partial charge is 0.339 e. The molecule has 0 aliphatic carbocycles. The average molecular weight is 433 g/mol. The molecule has 9 heteroatoms. The van der Waals surface area contributed by atoms with Crippen LogP contribution in [0.5, 0.6) is 5.75 Å². The summed E-state index contributed by atoms with van der Waals surface area (Å²) in [5, 5.41) is 2.00. The van der Waals surface area contributed by atoms with Crippen LogP contribution in [0, 0.1) is 6.92 Å². The SMILES string of the molecule is CCOC(=O)CCc1c(C)c2ccc3c(c2oc1=O)CN([C@H]1C=CS(=O)(=O)C1)CO3. The van der Waals surface area contributed by atoms with E-state index < -0.39 is 15.5 Å². The van der Waals surface area contributed by atoms with Crippen molar-refractivity contribution in [2.24, 2.45) is 0 Å². The first kappa shape index (κ1) is 20.6. The molecule has 0 bridgehead atoms. The van der Waals surface area contributed by atoms with Crippen LogP contribution in [-0.4, -0.2) is 44.4 Å². The molecule has 30 heavy (non-hydrogen) atoms. The number of benzene rings is 1. The lowest BCUT2D eigenvalue weighted by Gasteiger charge is -2.32. The maximum absolute atomic E-state index is 12.7. The first-order valence-electron chi connectivity index (χ1n) is 9.80. The molecule has 160 valence electrons. The van der Waals surface area contributed by atoms with Gasteiger partial charge >= 0.3 is 11.6 Å². The first-order valence-corrected chi connectivity index (χ1v) is 11.5. The number of nitrogens with zero attached hydrogens (tertiary/aromatic N) is 1. The number of carbonyl (C=O) groups excluding carboxylic acids is 1. The summed E-state index contributed by atoms with van der Waals surface area (Å²) in [7, 11) is -3.19. The van der Waals surface area contributed by atoms with Crippen molar-refractivity contribution in [2.75, 3.05) is 19.1 Å². The molecule has 0 fully saturated rings. The molecule has 2 aliphatic rings. The highest BCUT2D eigenvalue weighted by atomic mass is 32.2. The molecule has 1 aromatic carbocycles. The molecule has 4 rings (SSSR count). The predicted molar refractivity (Wildman–Crippen MR) is 110 cm³/mol. The van der Waals surface area contributed by atoms with Crippen molar-refractivity contribution in [2.45, 2.75) is 39.3 Å². The maximum atomic E-state index is 12.7. The Hall–Kier alpha value is -2.65. The van der Waals surface area contributed by atoms with E-state index in [1.165, 1.54) is 5.41 Å². The zero-order valence-corrected chi connectivity index (χ0v) is 17.7. The van der Waals surface area contributed by atoms with Crippen LogP contribution < -0.4 is 10.4 Å². The molecule has 0 radical (unpaired) electrons. The van der Waals surface area contributed by atoms with Gasteiger partial charge in [-0.1, -0.05) is 6.08 Å². The molecule has 3 heterocycles. The third kappa shape index (κ3) is 3.87. The number of sulfone groups is 1. The highest BCUT2D eigenvalue weighted by Crippen LogP contribution is 2.35. The average Bonchev–Trinajstić information content (AvgIpc) is 3.07. The summed E-state index contributed by atoms with van der Waals surface area (Å²) in [6.07, 6.45) is 2.01. The Morgan fingerprint density at radius 3 is 2.83 bits per heavy atom. The molecule has 0 amide bonds. The Morgan fingerprint density at radius 2 is 2.13 bits per heavy atom. The van der Waals surface area contributed by atoms with E-state index in [1.54, 1.807) is 13.0 Å². The van der Waals surface area contributed by atoms with E-state index >= 15 is 0 Å². The molecule has 0 saturated carbocycles. The lowest BCUT2D eigenvalue weighted by atomic mass is 9.99. The Kier molecular flexibility index (Phi) is 5.42. The van der Waals surface area contributed by atoms with Crippen LogP contribution in [0.3, 0.4) is 0 Å². The van der Waals surface area contributed by atoms with Gasteiger partial charge in [0.1, 0.15) is 18.1 Å². The number of aryl methyl sites for hydroxylation is 1. The second-order valence-corrected chi connectivity index (χ2v) is 9.39. The number of ether oxygens (including phenoxy) is 2. The van der Waals surface area contributed by atoms with Crippen LogP contribution in [0.15, 0.2) is 32.8 Å². The highest BCUT2D eigenvalue weighted by Gasteiger charge is 2.31. The number of hydrogen-bond donors (Lipinski definition) is 0. The van der Waals surface area contributed by atoms with E-state index in [0.29, 0.717) is 35.6 Å². The van der Waals surface area contributed by atoms with Crippen molar-refractivity contribution >= 4 is 26.8 Å². The van der Waals surface area contributed by atoms with Crippen LogP contribution in [0.1, 0.15) is 30.0 Å². The van der Waals surface area contributed by atoms with Crippen LogP contribution in [-0.2, 0) is 32.3 Å². The fraction of sp³-hybridized carbons (Fsp3) is 0.429. The van der Waals surface area contributed by atoms with Gasteiger partial charge in [0, 0.05) is 35.4 Å². The summed E-state index contributed by atoms with van der Waals surface area (Å²) in [6.45, 7) is 4.52. The predicted octanol–water partition coefficient (Wildman–Crippen LogP) is 2.06. The van der Waals surface area contributed by atoms with Gasteiger partial charge in [0.25, 0.3) is 0 Å². The summed E-state index contributed by atoms with van der Waals surface area (Å²) >= 11 is 0. The minimum Gasteiger partial charge on any atom is -0.478 e. The second kappa shape index (κ2) is 7.88. The summed E-state index contributed by atoms with van der Waals surface area (Å²) in [5.74, 6) is 0.271. The van der Waals surface area contributed by atoms with Gasteiger partial charge in [0.15, 0.2) is 9.84 Å². The zero-order chi connectivity index (χ0) is 21.5. The lowest BCUT2D eigenvalue weighted by molar-refractivity contribution is -0.143. The van der Waals surface area contributed by atoms with Crippen LogP contribution in [0.4, 0.5) is 0 Å². The Morgan fingerprint density at radius 1 is 1.33 bits per heavy atom. The van der Waals surface area contributed by atoms with Gasteiger partial charge in [-0.15, -0.1) is 0 Å². The second-order valence-electron chi connectivity index (χ2n) is 7.46. The van der Waals surface area contributed by atoms with Crippen LogP contribution >= 0.6 is 0 Å². The third-order valence-electron chi connectivity index (χ3n) is 5.53. The van der Waals surface area contributed by atoms with Gasteiger partial charge in [0.2, 0.25) is 0 Å². The molecular weight excluding hydrogens is 410 g/mol. The summed E-state index contributed by atoms with van der Waals surface area (Å²) in [5.41, 5.74) is 1.87. The molecule has 2 aromatic rings. The lowest BCUT2D eigenvalue weighted by Crippen LogP contribution is -2.41. The van der Waals surface area contributed by atoms with Gasteiger partial charge in [0.05, 0.1) is 17.9 Å². The van der Waals surface area contributed by atoms with Crippen molar-refractivity contribution in [1.29, 1.82) is 0 Å². The fourth-order valence-corrected chi connectivity index (χ4v) is 5.26. The van der Waals surface area contributed by atoms with Crippen molar-refractivity contribution in [3.63, 3.8) is 0 Å². The standard InChI is InChI=1S/C21H23NO7S/c1-3-27-19(23)7-5-16-13(2)15-4-6-18-17(20(15)29-21(16)24)10-22(12-28-18)14-8-9-30(25,26)11-14/h4,6,8-9,14H,3,5,7,10-12H2,1-2H3/t14-/m0/s1. The van der Waals surface area contributed by atoms with Crippen molar-refractivity contribution in [3.05, 3.63) is 50.7 Å². The molecule has 2 aliphatic heterocycles. The Labute approximate surface area is 174 Å². The molecule has 0 saturated heterocycles. The topological polar surface area (TPSA) is 103 Å². The van der Waals surface area contributed by atoms with E-state index in [-0.39, 0.29) is 37.3 Å². The minimum absolute atomic E-state index is 0.0114. The summed E-state index contributed by atoms with van der Waals surface area (Å²) < 4.78 is 40.0. The normalized spacial score (nSPS) is 20.1. The van der Waals surface area contributed by atoms with E-state index in [1.807, 2.05) is 24.0 Å². The number of carbonyl (C=O) groups is 1. The van der Waals surface area contributed by atoms with Crippen molar-refractivity contribution in [3.8, 4) is 5.75 Å². The Bertz CT molecular complexity index is 1200. The van der Waals surface area contributed by atoms with Crippen molar-refractivity contribution in [1.82, 2.24) is 4.90 Å². The Balaban J connectivity index is 1.67. The molecule has 1 atom stereocenters. The zero-order valence-electron chi connectivity index (χ0n) is 16.8. The molecule has 8 nitrogen and oxygen atoms in total. The monoisotopic (exact) mass is 433 g/mol. The van der Waals surface area contributed by atoms with Gasteiger partial charge in [-0.25, -0.2) is 13.2 Å². The number of fused-ring (bicyclic) bond motifs is 3. The quantitative estimate of drug-likeness (QED) is 0.521. The maximum Gasteiger partial charge on any atom is 0.339 e. The van der Waals surface area contributed by atoms with E-state index in [9.17, 15) is 18.0 Å². The van der Waals surface area contributed by atoms with Crippen LogP contribution in [0.2, 0.25) is 0 Å². The van der Waals surface area contributed by atoms with Gasteiger partial charge in [-0.3, -0.25) is 9.69 Å². The van der Waals surface area contributed by atoms with E-state index in [0.717, 1.165) is 10.9 Å². The van der Waals surface area contributed by atoms with E-state index in [2.05, 4.69) is 0 Å². The van der Waals surface area contributed by atoms with E-state index in [4.69, 9.17) is 13.9 Å². The molecule has 0 N–H and O–H groups in total.